The number of carboxylic acid groups (broad SMARTS) is 1. The van der Waals surface area contributed by atoms with Crippen LogP contribution in [0, 0.1) is 5.92 Å². The lowest BCUT2D eigenvalue weighted by Gasteiger charge is -2.17. The Hall–Kier alpha value is -2.57. The summed E-state index contributed by atoms with van der Waals surface area (Å²) >= 11 is 0. The van der Waals surface area contributed by atoms with Gasteiger partial charge >= 0.3 is 11.7 Å². The number of carbonyl (C=O) groups is 2. The summed E-state index contributed by atoms with van der Waals surface area (Å²) in [6, 6.07) is 5.73. The van der Waals surface area contributed by atoms with E-state index >= 15 is 0 Å². The van der Waals surface area contributed by atoms with E-state index in [1.807, 2.05) is 0 Å². The number of benzene rings is 1. The van der Waals surface area contributed by atoms with E-state index in [9.17, 15) is 14.4 Å². The van der Waals surface area contributed by atoms with Gasteiger partial charge < -0.3 is 14.8 Å². The smallest absolute Gasteiger partial charge is 0.420 e. The number of nitrogens with one attached hydrogen (secondary N) is 1. The van der Waals surface area contributed by atoms with Crippen LogP contribution in [0.15, 0.2) is 33.5 Å². The highest BCUT2D eigenvalue weighted by Gasteiger charge is 2.24. The summed E-state index contributed by atoms with van der Waals surface area (Å²) in [4.78, 5) is 34.7. The van der Waals surface area contributed by atoms with Crippen LogP contribution in [0.2, 0.25) is 0 Å². The van der Waals surface area contributed by atoms with E-state index < -0.39 is 23.7 Å². The zero-order valence-electron chi connectivity index (χ0n) is 11.7. The maximum Gasteiger partial charge on any atom is 0.420 e. The second-order valence-electron chi connectivity index (χ2n) is 5.05. The van der Waals surface area contributed by atoms with Crippen molar-refractivity contribution in [2.45, 2.75) is 26.4 Å². The van der Waals surface area contributed by atoms with Crippen LogP contribution in [0.4, 0.5) is 0 Å². The van der Waals surface area contributed by atoms with Gasteiger partial charge in [-0.05, 0) is 18.1 Å². The van der Waals surface area contributed by atoms with E-state index in [2.05, 4.69) is 5.32 Å². The SMILES string of the molecule is CC(C)C(NC(=O)Cn1c(=O)oc2ccccc21)C(=O)O. The molecular weight excluding hydrogens is 276 g/mol. The fourth-order valence-corrected chi connectivity index (χ4v) is 2.04. The van der Waals surface area contributed by atoms with Gasteiger partial charge in [0.2, 0.25) is 5.91 Å². The van der Waals surface area contributed by atoms with Crippen molar-refractivity contribution in [2.24, 2.45) is 5.92 Å². The summed E-state index contributed by atoms with van der Waals surface area (Å²) in [6.07, 6.45) is 0. The van der Waals surface area contributed by atoms with Gasteiger partial charge in [-0.25, -0.2) is 9.59 Å². The van der Waals surface area contributed by atoms with E-state index in [0.29, 0.717) is 11.1 Å². The van der Waals surface area contributed by atoms with Gasteiger partial charge in [0.05, 0.1) is 5.52 Å². The molecule has 1 heterocycles. The first-order chi connectivity index (χ1) is 9.90. The van der Waals surface area contributed by atoms with Crippen LogP contribution < -0.4 is 11.1 Å². The number of carboxylic acids is 1. The Morgan fingerprint density at radius 2 is 2.00 bits per heavy atom. The molecule has 0 radical (unpaired) electrons. The molecule has 2 N–H and O–H groups in total. The zero-order chi connectivity index (χ0) is 15.6. The second-order valence-corrected chi connectivity index (χ2v) is 5.05. The molecule has 0 aliphatic carbocycles. The minimum Gasteiger partial charge on any atom is -0.480 e. The molecule has 0 saturated carbocycles. The molecule has 1 aromatic carbocycles. The van der Waals surface area contributed by atoms with Gasteiger partial charge in [-0.1, -0.05) is 26.0 Å². The molecule has 1 unspecified atom stereocenters. The average molecular weight is 292 g/mol. The Kier molecular flexibility index (Phi) is 4.11. The molecule has 1 atom stereocenters. The van der Waals surface area contributed by atoms with E-state index in [1.54, 1.807) is 38.1 Å². The quantitative estimate of drug-likeness (QED) is 0.849. The molecule has 0 fully saturated rings. The van der Waals surface area contributed by atoms with Crippen LogP contribution in [-0.4, -0.2) is 27.6 Å². The molecule has 1 aromatic heterocycles. The van der Waals surface area contributed by atoms with Crippen molar-refractivity contribution in [3.8, 4) is 0 Å². The second kappa shape index (κ2) is 5.82. The van der Waals surface area contributed by atoms with Gasteiger partial charge in [0.15, 0.2) is 5.58 Å². The predicted octanol–water partition coefficient (Wildman–Crippen LogP) is 0.820. The van der Waals surface area contributed by atoms with Crippen molar-refractivity contribution in [1.82, 2.24) is 9.88 Å². The molecule has 1 amide bonds. The van der Waals surface area contributed by atoms with Gasteiger partial charge in [0.1, 0.15) is 12.6 Å². The summed E-state index contributed by atoms with van der Waals surface area (Å²) in [5.74, 6) is -2.57. The van der Waals surface area contributed by atoms with Crippen molar-refractivity contribution < 1.29 is 19.1 Å². The van der Waals surface area contributed by atoms with Crippen LogP contribution in [0.5, 0.6) is 0 Å². The molecule has 7 nitrogen and oxygen atoms in total. The number of oxazole rings is 1. The van der Waals surface area contributed by atoms with Gasteiger partial charge in [-0.2, -0.15) is 0 Å². The van der Waals surface area contributed by atoms with Crippen molar-refractivity contribution in [1.29, 1.82) is 0 Å². The lowest BCUT2D eigenvalue weighted by molar-refractivity contribution is -0.143. The van der Waals surface area contributed by atoms with Gasteiger partial charge in [0, 0.05) is 0 Å². The van der Waals surface area contributed by atoms with Crippen LogP contribution in [-0.2, 0) is 16.1 Å². The highest BCUT2D eigenvalue weighted by atomic mass is 16.4. The van der Waals surface area contributed by atoms with Crippen molar-refractivity contribution in [3.05, 3.63) is 34.8 Å². The fourth-order valence-electron chi connectivity index (χ4n) is 2.04. The first-order valence-electron chi connectivity index (χ1n) is 6.50. The Bertz CT molecular complexity index is 728. The lowest BCUT2D eigenvalue weighted by Crippen LogP contribution is -2.46. The van der Waals surface area contributed by atoms with E-state index in [4.69, 9.17) is 9.52 Å². The highest BCUT2D eigenvalue weighted by Crippen LogP contribution is 2.11. The summed E-state index contributed by atoms with van der Waals surface area (Å²) < 4.78 is 6.18. The third-order valence-electron chi connectivity index (χ3n) is 3.12. The molecule has 112 valence electrons. The maximum atomic E-state index is 11.9. The fraction of sp³-hybridized carbons (Fsp3) is 0.357. The number of aliphatic carboxylic acids is 1. The Morgan fingerprint density at radius 3 is 2.62 bits per heavy atom. The third-order valence-corrected chi connectivity index (χ3v) is 3.12. The van der Waals surface area contributed by atoms with Crippen molar-refractivity contribution >= 4 is 23.0 Å². The van der Waals surface area contributed by atoms with E-state index in [0.717, 1.165) is 0 Å². The number of aromatic nitrogens is 1. The lowest BCUT2D eigenvalue weighted by atomic mass is 10.1. The van der Waals surface area contributed by atoms with Crippen LogP contribution in [0.25, 0.3) is 11.1 Å². The number of para-hydroxylation sites is 2. The summed E-state index contributed by atoms with van der Waals surface area (Å²) in [5.41, 5.74) is 0.878. The first-order valence-corrected chi connectivity index (χ1v) is 6.50. The zero-order valence-corrected chi connectivity index (χ0v) is 11.7. The molecule has 2 aromatic rings. The molecule has 21 heavy (non-hydrogen) atoms. The standard InChI is InChI=1S/C14H16N2O5/c1-8(2)12(13(18)19)15-11(17)7-16-9-5-3-4-6-10(9)21-14(16)20/h3-6,8,12H,7H2,1-2H3,(H,15,17)(H,18,19). The number of hydrogen-bond donors (Lipinski definition) is 2. The molecule has 0 spiro atoms. The molecule has 0 bridgehead atoms. The van der Waals surface area contributed by atoms with Crippen LogP contribution in [0.3, 0.4) is 0 Å². The van der Waals surface area contributed by atoms with Crippen LogP contribution >= 0.6 is 0 Å². The number of nitrogens with zero attached hydrogens (tertiary/aromatic N) is 1. The summed E-state index contributed by atoms with van der Waals surface area (Å²) in [6.45, 7) is 3.10. The molecular formula is C14H16N2O5. The highest BCUT2D eigenvalue weighted by molar-refractivity contribution is 5.84. The van der Waals surface area contributed by atoms with E-state index in [1.165, 1.54) is 4.57 Å². The van der Waals surface area contributed by atoms with Crippen molar-refractivity contribution in [3.63, 3.8) is 0 Å². The third kappa shape index (κ3) is 3.13. The average Bonchev–Trinajstić information content (AvgIpc) is 2.72. The number of rotatable bonds is 5. The minimum absolute atomic E-state index is 0.260. The molecule has 7 heteroatoms. The van der Waals surface area contributed by atoms with E-state index in [-0.39, 0.29) is 12.5 Å². The molecule has 0 aliphatic rings. The Morgan fingerprint density at radius 1 is 1.33 bits per heavy atom. The largest absolute Gasteiger partial charge is 0.480 e. The van der Waals surface area contributed by atoms with Crippen LogP contribution in [0.1, 0.15) is 13.8 Å². The van der Waals surface area contributed by atoms with Gasteiger partial charge in [-0.15, -0.1) is 0 Å². The monoisotopic (exact) mass is 292 g/mol. The van der Waals surface area contributed by atoms with Crippen molar-refractivity contribution in [2.75, 3.05) is 0 Å². The number of hydrogen-bond acceptors (Lipinski definition) is 4. The number of amides is 1. The Balaban J connectivity index is 2.20. The Labute approximate surface area is 120 Å². The van der Waals surface area contributed by atoms with Gasteiger partial charge in [-0.3, -0.25) is 9.36 Å². The molecule has 2 rings (SSSR count). The first kappa shape index (κ1) is 14.8. The number of carbonyl (C=O) groups excluding carboxylic acids is 1. The van der Waals surface area contributed by atoms with Gasteiger partial charge in [0.25, 0.3) is 0 Å². The summed E-state index contributed by atoms with van der Waals surface area (Å²) in [7, 11) is 0. The minimum atomic E-state index is -1.11. The molecule has 0 aliphatic heterocycles. The maximum absolute atomic E-state index is 11.9. The topological polar surface area (TPSA) is 102 Å². The number of fused-ring (bicyclic) bond motifs is 1. The predicted molar refractivity (Wildman–Crippen MR) is 74.9 cm³/mol. The normalized spacial score (nSPS) is 12.5. The summed E-state index contributed by atoms with van der Waals surface area (Å²) in [5, 5.41) is 11.4. The molecule has 0 saturated heterocycles.